The minimum Gasteiger partial charge on any atom is -0.387 e. The summed E-state index contributed by atoms with van der Waals surface area (Å²) in [5.41, 5.74) is -0.832. The molecule has 1 aromatic heterocycles. The van der Waals surface area contributed by atoms with Crippen LogP contribution in [-0.2, 0) is 21.8 Å². The number of halogens is 3. The number of fused-ring (bicyclic) bond motifs is 1. The average molecular weight is 401 g/mol. The van der Waals surface area contributed by atoms with Gasteiger partial charge in [0.05, 0.1) is 27.6 Å². The summed E-state index contributed by atoms with van der Waals surface area (Å²) in [6, 6.07) is 11.5. The fourth-order valence-corrected chi connectivity index (χ4v) is 5.36. The fourth-order valence-electron chi connectivity index (χ4n) is 2.60. The number of alkyl halides is 3. The van der Waals surface area contributed by atoms with E-state index in [2.05, 4.69) is 4.98 Å². The molecule has 0 aliphatic rings. The SMILES string of the molecule is O=S(=O)(Cc1nc2ccccc2s1)CC(O)c1ccccc1C(F)(F)F. The number of para-hydroxylation sites is 1. The van der Waals surface area contributed by atoms with Crippen LogP contribution in [0.2, 0.25) is 0 Å². The lowest BCUT2D eigenvalue weighted by atomic mass is 10.0. The van der Waals surface area contributed by atoms with Crippen molar-refractivity contribution >= 4 is 31.4 Å². The van der Waals surface area contributed by atoms with Gasteiger partial charge >= 0.3 is 6.18 Å². The molecule has 1 unspecified atom stereocenters. The van der Waals surface area contributed by atoms with Crippen LogP contribution >= 0.6 is 11.3 Å². The Morgan fingerprint density at radius 2 is 1.73 bits per heavy atom. The number of nitrogens with zero attached hydrogens (tertiary/aromatic N) is 1. The minimum atomic E-state index is -4.67. The summed E-state index contributed by atoms with van der Waals surface area (Å²) in [5, 5.41) is 10.5. The summed E-state index contributed by atoms with van der Waals surface area (Å²) in [5.74, 6) is -1.24. The number of hydrogen-bond acceptors (Lipinski definition) is 5. The lowest BCUT2D eigenvalue weighted by Gasteiger charge is -2.17. The molecule has 0 amide bonds. The van der Waals surface area contributed by atoms with Crippen molar-refractivity contribution in [2.75, 3.05) is 5.75 Å². The topological polar surface area (TPSA) is 67.3 Å². The first-order chi connectivity index (χ1) is 12.2. The average Bonchev–Trinajstić information content (AvgIpc) is 2.94. The van der Waals surface area contributed by atoms with E-state index in [-0.39, 0.29) is 0 Å². The van der Waals surface area contributed by atoms with Crippen LogP contribution in [0.25, 0.3) is 10.2 Å². The van der Waals surface area contributed by atoms with Crippen LogP contribution in [0.4, 0.5) is 13.2 Å². The van der Waals surface area contributed by atoms with Crippen LogP contribution in [0.1, 0.15) is 22.2 Å². The molecule has 26 heavy (non-hydrogen) atoms. The largest absolute Gasteiger partial charge is 0.416 e. The zero-order chi connectivity index (χ0) is 18.9. The first-order valence-electron chi connectivity index (χ1n) is 7.55. The first kappa shape index (κ1) is 18.8. The summed E-state index contributed by atoms with van der Waals surface area (Å²) in [7, 11) is -3.86. The van der Waals surface area contributed by atoms with E-state index in [4.69, 9.17) is 0 Å². The van der Waals surface area contributed by atoms with Gasteiger partial charge in [-0.15, -0.1) is 11.3 Å². The molecule has 0 bridgehead atoms. The minimum absolute atomic E-state index is 0.336. The molecule has 0 saturated heterocycles. The van der Waals surface area contributed by atoms with Crippen molar-refractivity contribution in [2.45, 2.75) is 18.0 Å². The maximum atomic E-state index is 13.0. The van der Waals surface area contributed by atoms with Crippen molar-refractivity contribution in [3.05, 3.63) is 64.7 Å². The van der Waals surface area contributed by atoms with Crippen molar-refractivity contribution in [3.63, 3.8) is 0 Å². The summed E-state index contributed by atoms with van der Waals surface area (Å²) < 4.78 is 64.6. The molecule has 0 aliphatic heterocycles. The van der Waals surface area contributed by atoms with Crippen molar-refractivity contribution < 1.29 is 26.7 Å². The highest BCUT2D eigenvalue weighted by atomic mass is 32.2. The summed E-state index contributed by atoms with van der Waals surface area (Å²) in [6.45, 7) is 0. The summed E-state index contributed by atoms with van der Waals surface area (Å²) in [4.78, 5) is 4.21. The molecular formula is C17H14F3NO3S2. The van der Waals surface area contributed by atoms with Crippen LogP contribution in [0.5, 0.6) is 0 Å². The second-order valence-electron chi connectivity index (χ2n) is 5.73. The van der Waals surface area contributed by atoms with E-state index < -0.39 is 44.8 Å². The van der Waals surface area contributed by atoms with Gasteiger partial charge in [-0.25, -0.2) is 13.4 Å². The number of aromatic nitrogens is 1. The highest BCUT2D eigenvalue weighted by Gasteiger charge is 2.35. The molecule has 3 aromatic rings. The second kappa shape index (κ2) is 6.98. The number of aliphatic hydroxyl groups is 1. The zero-order valence-corrected chi connectivity index (χ0v) is 14.9. The van der Waals surface area contributed by atoms with Gasteiger partial charge in [-0.2, -0.15) is 13.2 Å². The van der Waals surface area contributed by atoms with E-state index in [1.54, 1.807) is 24.3 Å². The third kappa shape index (κ3) is 4.22. The summed E-state index contributed by atoms with van der Waals surface area (Å²) in [6.07, 6.45) is -6.44. The standard InChI is InChI=1S/C17H14F3NO3S2/c18-17(19,20)12-6-2-1-5-11(12)14(22)9-26(23,24)10-16-21-13-7-3-4-8-15(13)25-16/h1-8,14,22H,9-10H2. The van der Waals surface area contributed by atoms with Crippen LogP contribution in [0, 0.1) is 0 Å². The Morgan fingerprint density at radius 1 is 1.08 bits per heavy atom. The number of rotatable bonds is 5. The zero-order valence-electron chi connectivity index (χ0n) is 13.3. The van der Waals surface area contributed by atoms with E-state index in [0.29, 0.717) is 10.5 Å². The van der Waals surface area contributed by atoms with E-state index in [1.807, 2.05) is 0 Å². The van der Waals surface area contributed by atoms with E-state index in [9.17, 15) is 26.7 Å². The molecule has 0 aliphatic carbocycles. The third-order valence-corrected chi connectivity index (χ3v) is 6.47. The Balaban J connectivity index is 1.81. The Kier molecular flexibility index (Phi) is 5.05. The number of hydrogen-bond donors (Lipinski definition) is 1. The van der Waals surface area contributed by atoms with Gasteiger partial charge in [-0.05, 0) is 23.8 Å². The molecule has 1 atom stereocenters. The molecule has 1 N–H and O–H groups in total. The molecule has 9 heteroatoms. The first-order valence-corrected chi connectivity index (χ1v) is 10.2. The molecule has 2 aromatic carbocycles. The van der Waals surface area contributed by atoms with Gasteiger partial charge in [0.25, 0.3) is 0 Å². The molecule has 0 saturated carbocycles. The quantitative estimate of drug-likeness (QED) is 0.703. The van der Waals surface area contributed by atoms with E-state index in [0.717, 1.165) is 16.8 Å². The maximum Gasteiger partial charge on any atom is 0.416 e. The van der Waals surface area contributed by atoms with Gasteiger partial charge in [0, 0.05) is 0 Å². The van der Waals surface area contributed by atoms with Gasteiger partial charge < -0.3 is 5.11 Å². The molecule has 3 rings (SSSR count). The third-order valence-electron chi connectivity index (χ3n) is 3.72. The number of thiazole rings is 1. The Bertz CT molecular complexity index is 996. The Labute approximate surface area is 151 Å². The van der Waals surface area contributed by atoms with Crippen LogP contribution < -0.4 is 0 Å². The fraction of sp³-hybridized carbons (Fsp3) is 0.235. The number of aliphatic hydroxyl groups excluding tert-OH is 1. The highest BCUT2D eigenvalue weighted by molar-refractivity contribution is 7.90. The van der Waals surface area contributed by atoms with Gasteiger partial charge in [-0.1, -0.05) is 30.3 Å². The van der Waals surface area contributed by atoms with Crippen LogP contribution in [0.3, 0.4) is 0 Å². The molecule has 1 heterocycles. The molecular weight excluding hydrogens is 387 g/mol. The monoisotopic (exact) mass is 401 g/mol. The van der Waals surface area contributed by atoms with Crippen molar-refractivity contribution in [1.82, 2.24) is 4.98 Å². The van der Waals surface area contributed by atoms with Crippen molar-refractivity contribution in [2.24, 2.45) is 0 Å². The van der Waals surface area contributed by atoms with Crippen LogP contribution in [-0.4, -0.2) is 24.3 Å². The Morgan fingerprint density at radius 3 is 2.42 bits per heavy atom. The predicted octanol–water partition coefficient (Wildman–Crippen LogP) is 3.96. The van der Waals surface area contributed by atoms with Gasteiger partial charge in [-0.3, -0.25) is 0 Å². The smallest absolute Gasteiger partial charge is 0.387 e. The molecule has 0 radical (unpaired) electrons. The molecule has 0 spiro atoms. The number of benzene rings is 2. The maximum absolute atomic E-state index is 13.0. The van der Waals surface area contributed by atoms with Crippen molar-refractivity contribution in [3.8, 4) is 0 Å². The lowest BCUT2D eigenvalue weighted by molar-refractivity contribution is -0.139. The van der Waals surface area contributed by atoms with Gasteiger partial charge in [0.2, 0.25) is 0 Å². The Hall–Kier alpha value is -1.97. The summed E-state index contributed by atoms with van der Waals surface area (Å²) >= 11 is 1.20. The molecule has 4 nitrogen and oxygen atoms in total. The normalized spacial score (nSPS) is 13.8. The van der Waals surface area contributed by atoms with Gasteiger partial charge in [0.15, 0.2) is 9.84 Å². The number of sulfone groups is 1. The highest BCUT2D eigenvalue weighted by Crippen LogP contribution is 2.35. The van der Waals surface area contributed by atoms with Crippen molar-refractivity contribution in [1.29, 1.82) is 0 Å². The van der Waals surface area contributed by atoms with E-state index >= 15 is 0 Å². The predicted molar refractivity (Wildman–Crippen MR) is 93.5 cm³/mol. The second-order valence-corrected chi connectivity index (χ2v) is 8.96. The van der Waals surface area contributed by atoms with E-state index in [1.165, 1.54) is 23.5 Å². The lowest BCUT2D eigenvalue weighted by Crippen LogP contribution is -2.19. The van der Waals surface area contributed by atoms with Gasteiger partial charge in [0.1, 0.15) is 10.8 Å². The molecule has 0 fully saturated rings. The molecule has 138 valence electrons. The van der Waals surface area contributed by atoms with Crippen LogP contribution in [0.15, 0.2) is 48.5 Å².